The molecule has 0 aliphatic carbocycles. The van der Waals surface area contributed by atoms with Gasteiger partial charge in [-0.15, -0.1) is 0 Å². The van der Waals surface area contributed by atoms with E-state index in [1.54, 1.807) is 17.0 Å². The highest BCUT2D eigenvalue weighted by molar-refractivity contribution is 5.51. The van der Waals surface area contributed by atoms with Crippen LogP contribution in [0.15, 0.2) is 24.3 Å². The molecule has 2 N–H and O–H groups in total. The van der Waals surface area contributed by atoms with E-state index < -0.39 is 5.92 Å². The van der Waals surface area contributed by atoms with Crippen LogP contribution in [0.1, 0.15) is 12.8 Å². The first-order valence-corrected chi connectivity index (χ1v) is 6.14. The Morgan fingerprint density at radius 3 is 2.83 bits per heavy atom. The number of hydrogen-bond donors (Lipinski definition) is 1. The summed E-state index contributed by atoms with van der Waals surface area (Å²) in [6.07, 6.45) is 0.538. The van der Waals surface area contributed by atoms with Gasteiger partial charge in [0.05, 0.1) is 12.2 Å². The second-order valence-electron chi connectivity index (χ2n) is 4.62. The number of nitrogens with two attached hydrogens (primary N) is 1. The molecule has 2 rings (SSSR count). The summed E-state index contributed by atoms with van der Waals surface area (Å²) in [6, 6.07) is 7.19. The van der Waals surface area contributed by atoms with E-state index in [0.29, 0.717) is 37.6 Å². The molecule has 0 unspecified atom stereocenters. The number of nitrogen functional groups attached to an aromatic ring is 1. The fraction of sp³-hybridized carbons (Fsp3) is 0.538. The lowest BCUT2D eigenvalue weighted by molar-refractivity contribution is -0.0656. The Balaban J connectivity index is 1.77. The monoisotopic (exact) mass is 256 g/mol. The van der Waals surface area contributed by atoms with E-state index in [0.717, 1.165) is 0 Å². The fourth-order valence-electron chi connectivity index (χ4n) is 2.13. The van der Waals surface area contributed by atoms with Crippen molar-refractivity contribution >= 4 is 5.69 Å². The van der Waals surface area contributed by atoms with Crippen molar-refractivity contribution in [3.05, 3.63) is 24.3 Å². The number of nitrogens with zero attached hydrogens (tertiary/aromatic N) is 1. The van der Waals surface area contributed by atoms with Gasteiger partial charge in [-0.2, -0.15) is 0 Å². The van der Waals surface area contributed by atoms with Gasteiger partial charge in [-0.05, 0) is 25.1 Å². The number of alkyl halides is 2. The van der Waals surface area contributed by atoms with Crippen molar-refractivity contribution in [2.24, 2.45) is 0 Å². The fourth-order valence-corrected chi connectivity index (χ4v) is 2.13. The third kappa shape index (κ3) is 3.57. The SMILES string of the molecule is Nc1ccccc1OCCN1CCCC(F)(F)C1. The van der Waals surface area contributed by atoms with Gasteiger partial charge in [0.1, 0.15) is 12.4 Å². The van der Waals surface area contributed by atoms with Crippen LogP contribution in [0.3, 0.4) is 0 Å². The molecule has 5 heteroatoms. The number of rotatable bonds is 4. The average molecular weight is 256 g/mol. The van der Waals surface area contributed by atoms with E-state index in [-0.39, 0.29) is 13.0 Å². The number of halogens is 2. The highest BCUT2D eigenvalue weighted by atomic mass is 19.3. The highest BCUT2D eigenvalue weighted by Crippen LogP contribution is 2.26. The average Bonchev–Trinajstić information content (AvgIpc) is 2.30. The first-order chi connectivity index (χ1) is 8.57. The molecule has 1 aliphatic rings. The van der Waals surface area contributed by atoms with E-state index in [1.807, 2.05) is 12.1 Å². The molecule has 100 valence electrons. The normalized spacial score (nSPS) is 19.7. The van der Waals surface area contributed by atoms with Gasteiger partial charge in [-0.1, -0.05) is 12.1 Å². The van der Waals surface area contributed by atoms with Crippen LogP contribution in [0.5, 0.6) is 5.75 Å². The van der Waals surface area contributed by atoms with Crippen LogP contribution in [0.4, 0.5) is 14.5 Å². The summed E-state index contributed by atoms with van der Waals surface area (Å²) in [5.41, 5.74) is 6.30. The molecular formula is C13H18F2N2O. The molecule has 1 aliphatic heterocycles. The van der Waals surface area contributed by atoms with Gasteiger partial charge in [-0.3, -0.25) is 4.90 Å². The van der Waals surface area contributed by atoms with E-state index in [9.17, 15) is 8.78 Å². The molecule has 0 saturated carbocycles. The molecule has 0 atom stereocenters. The Bertz CT molecular complexity index is 398. The quantitative estimate of drug-likeness (QED) is 0.841. The second-order valence-corrected chi connectivity index (χ2v) is 4.62. The standard InChI is InChI=1S/C13H18F2N2O/c14-13(15)6-3-7-17(10-13)8-9-18-12-5-2-1-4-11(12)16/h1-2,4-5H,3,6-10,16H2. The van der Waals surface area contributed by atoms with Crippen molar-refractivity contribution < 1.29 is 13.5 Å². The topological polar surface area (TPSA) is 38.5 Å². The zero-order chi connectivity index (χ0) is 13.0. The Hall–Kier alpha value is -1.36. The third-order valence-corrected chi connectivity index (χ3v) is 3.06. The first-order valence-electron chi connectivity index (χ1n) is 6.14. The number of para-hydroxylation sites is 2. The first kappa shape index (κ1) is 13.1. The number of benzene rings is 1. The minimum Gasteiger partial charge on any atom is -0.490 e. The largest absolute Gasteiger partial charge is 0.490 e. The lowest BCUT2D eigenvalue weighted by Gasteiger charge is -2.32. The number of anilines is 1. The highest BCUT2D eigenvalue weighted by Gasteiger charge is 2.34. The minimum atomic E-state index is -2.55. The lowest BCUT2D eigenvalue weighted by Crippen LogP contribution is -2.44. The van der Waals surface area contributed by atoms with Gasteiger partial charge in [0.2, 0.25) is 0 Å². The maximum absolute atomic E-state index is 13.2. The second kappa shape index (κ2) is 5.52. The van der Waals surface area contributed by atoms with Crippen LogP contribution in [0.25, 0.3) is 0 Å². The van der Waals surface area contributed by atoms with E-state index in [4.69, 9.17) is 10.5 Å². The van der Waals surface area contributed by atoms with Crippen molar-refractivity contribution in [2.75, 3.05) is 32.0 Å². The Morgan fingerprint density at radius 2 is 2.11 bits per heavy atom. The van der Waals surface area contributed by atoms with Crippen LogP contribution < -0.4 is 10.5 Å². The van der Waals surface area contributed by atoms with Gasteiger partial charge < -0.3 is 10.5 Å². The van der Waals surface area contributed by atoms with Crippen molar-refractivity contribution in [1.82, 2.24) is 4.90 Å². The van der Waals surface area contributed by atoms with Gasteiger partial charge in [0.15, 0.2) is 0 Å². The minimum absolute atomic E-state index is 0.00398. The maximum atomic E-state index is 13.2. The molecule has 1 aromatic rings. The molecule has 18 heavy (non-hydrogen) atoms. The van der Waals surface area contributed by atoms with Crippen LogP contribution in [0, 0.1) is 0 Å². The van der Waals surface area contributed by atoms with E-state index >= 15 is 0 Å². The molecule has 0 spiro atoms. The summed E-state index contributed by atoms with van der Waals surface area (Å²) in [5, 5.41) is 0. The molecule has 1 aromatic carbocycles. The van der Waals surface area contributed by atoms with E-state index in [2.05, 4.69) is 0 Å². The van der Waals surface area contributed by atoms with Crippen molar-refractivity contribution in [3.8, 4) is 5.75 Å². The Morgan fingerprint density at radius 1 is 1.33 bits per heavy atom. The molecule has 3 nitrogen and oxygen atoms in total. The summed E-state index contributed by atoms with van der Waals surface area (Å²) >= 11 is 0. The molecule has 0 aromatic heterocycles. The van der Waals surface area contributed by atoms with Crippen molar-refractivity contribution in [3.63, 3.8) is 0 Å². The van der Waals surface area contributed by atoms with Gasteiger partial charge in [0, 0.05) is 13.0 Å². The van der Waals surface area contributed by atoms with Crippen molar-refractivity contribution in [1.29, 1.82) is 0 Å². The molecule has 1 heterocycles. The van der Waals surface area contributed by atoms with Crippen LogP contribution in [0.2, 0.25) is 0 Å². The van der Waals surface area contributed by atoms with Crippen molar-refractivity contribution in [2.45, 2.75) is 18.8 Å². The molecule has 0 bridgehead atoms. The molecule has 0 radical (unpaired) electrons. The molecular weight excluding hydrogens is 238 g/mol. The van der Waals surface area contributed by atoms with Gasteiger partial charge in [0.25, 0.3) is 5.92 Å². The number of piperidine rings is 1. The van der Waals surface area contributed by atoms with E-state index in [1.165, 1.54) is 0 Å². The predicted molar refractivity (Wildman–Crippen MR) is 67.0 cm³/mol. The molecule has 1 saturated heterocycles. The maximum Gasteiger partial charge on any atom is 0.260 e. The van der Waals surface area contributed by atoms with Crippen LogP contribution >= 0.6 is 0 Å². The molecule has 1 fully saturated rings. The zero-order valence-corrected chi connectivity index (χ0v) is 10.2. The molecule has 0 amide bonds. The Labute approximate surface area is 106 Å². The predicted octanol–water partition coefficient (Wildman–Crippen LogP) is 2.38. The smallest absolute Gasteiger partial charge is 0.260 e. The van der Waals surface area contributed by atoms with Gasteiger partial charge in [-0.25, -0.2) is 8.78 Å². The lowest BCUT2D eigenvalue weighted by atomic mass is 10.1. The van der Waals surface area contributed by atoms with Gasteiger partial charge >= 0.3 is 0 Å². The van der Waals surface area contributed by atoms with Crippen LogP contribution in [-0.2, 0) is 0 Å². The van der Waals surface area contributed by atoms with Crippen LogP contribution in [-0.4, -0.2) is 37.1 Å². The Kier molecular flexibility index (Phi) is 4.01. The summed E-state index contributed by atoms with van der Waals surface area (Å²) in [6.45, 7) is 1.43. The third-order valence-electron chi connectivity index (χ3n) is 3.06. The number of hydrogen-bond acceptors (Lipinski definition) is 3. The number of ether oxygens (including phenoxy) is 1. The summed E-state index contributed by atoms with van der Waals surface area (Å²) in [7, 11) is 0. The summed E-state index contributed by atoms with van der Waals surface area (Å²) in [4.78, 5) is 1.74. The number of likely N-dealkylation sites (tertiary alicyclic amines) is 1. The zero-order valence-electron chi connectivity index (χ0n) is 10.2. The summed E-state index contributed by atoms with van der Waals surface area (Å²) < 4.78 is 31.8. The summed E-state index contributed by atoms with van der Waals surface area (Å²) in [5.74, 6) is -1.94.